The number of ether oxygens (including phenoxy) is 1. The highest BCUT2D eigenvalue weighted by Crippen LogP contribution is 2.28. The average molecular weight is 388 g/mol. The molecular weight excluding hydrogens is 368 g/mol. The third-order valence-electron chi connectivity index (χ3n) is 4.45. The first-order valence-electron chi connectivity index (χ1n) is 8.98. The summed E-state index contributed by atoms with van der Waals surface area (Å²) in [4.78, 5) is 20.4. The van der Waals surface area contributed by atoms with Crippen LogP contribution in [0.4, 0.5) is 17.3 Å². The number of nitrogen functional groups attached to an aromatic ring is 1. The van der Waals surface area contributed by atoms with Gasteiger partial charge in [0.15, 0.2) is 0 Å². The molecule has 2 aromatic carbocycles. The van der Waals surface area contributed by atoms with Crippen molar-refractivity contribution in [2.24, 2.45) is 7.05 Å². The van der Waals surface area contributed by atoms with Gasteiger partial charge in [0.25, 0.3) is 5.91 Å². The molecule has 1 amide bonds. The molecule has 0 aliphatic carbocycles. The highest BCUT2D eigenvalue weighted by molar-refractivity contribution is 5.92. The summed E-state index contributed by atoms with van der Waals surface area (Å²) in [6.07, 6.45) is 1.54. The van der Waals surface area contributed by atoms with Crippen LogP contribution in [0.2, 0.25) is 0 Å². The Hall–Kier alpha value is -4.07. The Morgan fingerprint density at radius 1 is 1.07 bits per heavy atom. The number of pyridine rings is 1. The molecule has 4 aromatic rings. The zero-order chi connectivity index (χ0) is 20.4. The number of hydrogen-bond donors (Lipinski definition) is 3. The first kappa shape index (κ1) is 18.3. The summed E-state index contributed by atoms with van der Waals surface area (Å²) in [5.41, 5.74) is 9.37. The Morgan fingerprint density at radius 3 is 2.59 bits per heavy atom. The molecule has 4 N–H and O–H groups in total. The van der Waals surface area contributed by atoms with Crippen LogP contribution in [-0.2, 0) is 7.05 Å². The maximum Gasteiger partial charge on any atom is 0.269 e. The highest BCUT2D eigenvalue weighted by atomic mass is 16.5. The second-order valence-electron chi connectivity index (χ2n) is 6.45. The zero-order valence-corrected chi connectivity index (χ0v) is 16.0. The predicted octanol–water partition coefficient (Wildman–Crippen LogP) is 3.45. The summed E-state index contributed by atoms with van der Waals surface area (Å²) < 4.78 is 7.86. The van der Waals surface area contributed by atoms with E-state index in [1.54, 1.807) is 19.2 Å². The molecule has 0 bridgehead atoms. The molecule has 0 aliphatic rings. The molecule has 0 saturated carbocycles. The van der Waals surface area contributed by atoms with Crippen molar-refractivity contribution in [3.63, 3.8) is 0 Å². The first-order valence-corrected chi connectivity index (χ1v) is 8.98. The Bertz CT molecular complexity index is 1180. The lowest BCUT2D eigenvalue weighted by molar-refractivity contribution is 0.0958. The van der Waals surface area contributed by atoms with Gasteiger partial charge in [-0.2, -0.15) is 0 Å². The molecule has 0 unspecified atom stereocenters. The number of anilines is 3. The predicted molar refractivity (Wildman–Crippen MR) is 113 cm³/mol. The molecule has 146 valence electrons. The van der Waals surface area contributed by atoms with Gasteiger partial charge in [-0.05, 0) is 42.5 Å². The van der Waals surface area contributed by atoms with Gasteiger partial charge in [0.1, 0.15) is 17.2 Å². The van der Waals surface area contributed by atoms with E-state index in [2.05, 4.69) is 20.6 Å². The molecule has 0 atom stereocenters. The minimum atomic E-state index is -0.269. The Morgan fingerprint density at radius 2 is 1.83 bits per heavy atom. The fraction of sp³-hybridized carbons (Fsp3) is 0.0952. The van der Waals surface area contributed by atoms with E-state index in [9.17, 15) is 4.79 Å². The number of imidazole rings is 1. The maximum absolute atomic E-state index is 11.7. The van der Waals surface area contributed by atoms with Crippen LogP contribution >= 0.6 is 0 Å². The van der Waals surface area contributed by atoms with Crippen LogP contribution in [0.1, 0.15) is 10.5 Å². The van der Waals surface area contributed by atoms with Crippen molar-refractivity contribution < 1.29 is 9.53 Å². The zero-order valence-electron chi connectivity index (χ0n) is 16.0. The molecule has 2 heterocycles. The lowest BCUT2D eigenvalue weighted by Gasteiger charge is -2.07. The number of carbonyl (C=O) groups excluding carboxylic acids is 1. The topological polar surface area (TPSA) is 107 Å². The third-order valence-corrected chi connectivity index (χ3v) is 4.45. The van der Waals surface area contributed by atoms with Crippen molar-refractivity contribution in [2.75, 3.05) is 18.1 Å². The van der Waals surface area contributed by atoms with Crippen LogP contribution in [0.3, 0.4) is 0 Å². The van der Waals surface area contributed by atoms with Gasteiger partial charge < -0.3 is 25.7 Å². The van der Waals surface area contributed by atoms with Crippen molar-refractivity contribution in [1.29, 1.82) is 0 Å². The smallest absolute Gasteiger partial charge is 0.269 e. The molecule has 0 saturated heterocycles. The Kier molecular flexibility index (Phi) is 4.74. The van der Waals surface area contributed by atoms with Crippen LogP contribution in [0, 0.1) is 0 Å². The monoisotopic (exact) mass is 388 g/mol. The normalized spacial score (nSPS) is 10.7. The van der Waals surface area contributed by atoms with E-state index in [0.29, 0.717) is 28.8 Å². The average Bonchev–Trinajstić information content (AvgIpc) is 3.04. The highest BCUT2D eigenvalue weighted by Gasteiger charge is 2.11. The van der Waals surface area contributed by atoms with E-state index in [-0.39, 0.29) is 5.91 Å². The van der Waals surface area contributed by atoms with Gasteiger partial charge >= 0.3 is 0 Å². The van der Waals surface area contributed by atoms with Crippen molar-refractivity contribution in [2.45, 2.75) is 0 Å². The minimum absolute atomic E-state index is 0.269. The van der Waals surface area contributed by atoms with Gasteiger partial charge in [0.2, 0.25) is 5.95 Å². The molecule has 8 nitrogen and oxygen atoms in total. The first-order chi connectivity index (χ1) is 14.0. The second-order valence-corrected chi connectivity index (χ2v) is 6.45. The molecule has 0 fully saturated rings. The van der Waals surface area contributed by atoms with Crippen LogP contribution in [0.5, 0.6) is 11.5 Å². The summed E-state index contributed by atoms with van der Waals surface area (Å²) in [5, 5.41) is 5.83. The third kappa shape index (κ3) is 3.81. The van der Waals surface area contributed by atoms with Gasteiger partial charge in [-0.3, -0.25) is 9.78 Å². The van der Waals surface area contributed by atoms with E-state index in [4.69, 9.17) is 10.5 Å². The molecule has 8 heteroatoms. The van der Waals surface area contributed by atoms with Crippen molar-refractivity contribution in [3.05, 3.63) is 66.5 Å². The molecule has 0 spiro atoms. The number of aryl methyl sites for hydroxylation is 1. The standard InChI is InChI=1S/C21H20N6O2/c1-23-20(28)18-12-16(9-10-24-18)29-15-7-8-19-17(11-15)26-21(27(19)2)25-14-5-3-13(22)4-6-14/h3-12H,22H2,1-2H3,(H,23,28)(H,25,26). The van der Waals surface area contributed by atoms with E-state index in [0.717, 1.165) is 16.7 Å². The van der Waals surface area contributed by atoms with Crippen LogP contribution in [-0.4, -0.2) is 27.5 Å². The SMILES string of the molecule is CNC(=O)c1cc(Oc2ccc3c(c2)nc(Nc2ccc(N)cc2)n3C)ccn1. The number of hydrogen-bond acceptors (Lipinski definition) is 6. The van der Waals surface area contributed by atoms with Crippen molar-refractivity contribution >= 4 is 34.3 Å². The number of nitrogens with one attached hydrogen (secondary N) is 2. The van der Waals surface area contributed by atoms with Gasteiger partial charge in [-0.1, -0.05) is 0 Å². The Balaban J connectivity index is 1.59. The summed E-state index contributed by atoms with van der Waals surface area (Å²) in [7, 11) is 3.50. The lowest BCUT2D eigenvalue weighted by Crippen LogP contribution is -2.18. The van der Waals surface area contributed by atoms with Crippen LogP contribution in [0.15, 0.2) is 60.8 Å². The van der Waals surface area contributed by atoms with Crippen molar-refractivity contribution in [3.8, 4) is 11.5 Å². The summed E-state index contributed by atoms with van der Waals surface area (Å²) in [6, 6.07) is 16.4. The number of rotatable bonds is 5. The summed E-state index contributed by atoms with van der Waals surface area (Å²) in [6.45, 7) is 0. The minimum Gasteiger partial charge on any atom is -0.457 e. The van der Waals surface area contributed by atoms with Crippen molar-refractivity contribution in [1.82, 2.24) is 19.9 Å². The van der Waals surface area contributed by atoms with Gasteiger partial charge in [-0.25, -0.2) is 4.98 Å². The molecule has 0 aliphatic heterocycles. The summed E-state index contributed by atoms with van der Waals surface area (Å²) >= 11 is 0. The van der Waals surface area contributed by atoms with Crippen LogP contribution in [0.25, 0.3) is 11.0 Å². The fourth-order valence-corrected chi connectivity index (χ4v) is 2.91. The molecule has 0 radical (unpaired) electrons. The van der Waals surface area contributed by atoms with Gasteiger partial charge in [0.05, 0.1) is 11.0 Å². The Labute approximate surface area is 167 Å². The number of benzene rings is 2. The lowest BCUT2D eigenvalue weighted by atomic mass is 10.3. The number of carbonyl (C=O) groups is 1. The largest absolute Gasteiger partial charge is 0.457 e. The number of amides is 1. The van der Waals surface area contributed by atoms with E-state index in [1.165, 1.54) is 6.20 Å². The number of nitrogens with two attached hydrogens (primary N) is 1. The second kappa shape index (κ2) is 7.51. The van der Waals surface area contributed by atoms with Crippen LogP contribution < -0.4 is 21.1 Å². The number of nitrogens with zero attached hydrogens (tertiary/aromatic N) is 3. The van der Waals surface area contributed by atoms with E-state index < -0.39 is 0 Å². The molecule has 29 heavy (non-hydrogen) atoms. The quantitative estimate of drug-likeness (QED) is 0.452. The maximum atomic E-state index is 11.7. The van der Waals surface area contributed by atoms with Gasteiger partial charge in [-0.15, -0.1) is 0 Å². The summed E-state index contributed by atoms with van der Waals surface area (Å²) in [5.74, 6) is 1.57. The molecule has 2 aromatic heterocycles. The van der Waals surface area contributed by atoms with Gasteiger partial charge in [0, 0.05) is 43.8 Å². The fourth-order valence-electron chi connectivity index (χ4n) is 2.91. The van der Waals surface area contributed by atoms with E-state index in [1.807, 2.05) is 54.1 Å². The number of aromatic nitrogens is 3. The molecule has 4 rings (SSSR count). The molecular formula is C21H20N6O2. The van der Waals surface area contributed by atoms with E-state index >= 15 is 0 Å². The number of fused-ring (bicyclic) bond motifs is 1.